The Morgan fingerprint density at radius 2 is 1.30 bits per heavy atom. The average Bonchev–Trinajstić information content (AvgIpc) is 3.23. The predicted octanol–water partition coefficient (Wildman–Crippen LogP) is 8.11. The Hall–Kier alpha value is -4.31. The number of hydrogen-bond acceptors (Lipinski definition) is 3. The van der Waals surface area contributed by atoms with Crippen molar-refractivity contribution in [2.45, 2.75) is 38.0 Å². The van der Waals surface area contributed by atoms with Crippen LogP contribution in [0.15, 0.2) is 121 Å². The minimum absolute atomic E-state index is 0.0989. The van der Waals surface area contributed by atoms with Gasteiger partial charge in [-0.15, -0.1) is 0 Å². The Morgan fingerprint density at radius 1 is 0.730 bits per heavy atom. The summed E-state index contributed by atoms with van der Waals surface area (Å²) in [6, 6.07) is 39.9. The van der Waals surface area contributed by atoms with E-state index in [1.165, 1.54) is 11.1 Å². The molecule has 0 aromatic heterocycles. The molecule has 2 aliphatic heterocycles. The highest BCUT2D eigenvalue weighted by Crippen LogP contribution is 2.40. The minimum atomic E-state index is -0.205. The molecule has 2 aliphatic rings. The quantitative estimate of drug-likeness (QED) is 0.276. The summed E-state index contributed by atoms with van der Waals surface area (Å²) in [4.78, 5) is 17.2. The monoisotopic (exact) mass is 486 g/mol. The van der Waals surface area contributed by atoms with Crippen LogP contribution >= 0.6 is 0 Å². The van der Waals surface area contributed by atoms with Crippen LogP contribution in [0.1, 0.15) is 30.4 Å². The Kier molecular flexibility index (Phi) is 6.47. The first-order valence-electron chi connectivity index (χ1n) is 13.0. The fourth-order valence-corrected chi connectivity index (χ4v) is 5.55. The number of ether oxygens (including phenoxy) is 1. The van der Waals surface area contributed by atoms with Crippen LogP contribution in [0.25, 0.3) is 5.57 Å². The van der Waals surface area contributed by atoms with E-state index in [0.29, 0.717) is 6.61 Å². The third-order valence-corrected chi connectivity index (χ3v) is 7.34. The molecule has 0 spiro atoms. The minimum Gasteiger partial charge on any atom is -0.445 e. The smallest absolute Gasteiger partial charge is 0.410 e. The van der Waals surface area contributed by atoms with Gasteiger partial charge in [0.25, 0.3) is 0 Å². The van der Waals surface area contributed by atoms with Gasteiger partial charge in [-0.2, -0.15) is 0 Å². The van der Waals surface area contributed by atoms with E-state index >= 15 is 0 Å². The van der Waals surface area contributed by atoms with Crippen molar-refractivity contribution < 1.29 is 9.53 Å². The van der Waals surface area contributed by atoms with Crippen molar-refractivity contribution in [3.63, 3.8) is 0 Å². The molecule has 0 aliphatic carbocycles. The molecule has 4 aromatic carbocycles. The van der Waals surface area contributed by atoms with Crippen LogP contribution in [0.3, 0.4) is 0 Å². The van der Waals surface area contributed by atoms with Gasteiger partial charge in [0.05, 0.1) is 6.04 Å². The molecule has 0 radical (unpaired) electrons. The zero-order valence-electron chi connectivity index (χ0n) is 20.7. The summed E-state index contributed by atoms with van der Waals surface area (Å²) in [5, 5.41) is 0. The van der Waals surface area contributed by atoms with Gasteiger partial charge >= 0.3 is 6.09 Å². The van der Waals surface area contributed by atoms with Crippen molar-refractivity contribution in [2.75, 3.05) is 4.90 Å². The third-order valence-electron chi connectivity index (χ3n) is 7.34. The Balaban J connectivity index is 1.20. The molecule has 0 saturated carbocycles. The zero-order chi connectivity index (χ0) is 25.0. The number of hydrogen-bond donors (Lipinski definition) is 0. The molecule has 1 amide bonds. The lowest BCUT2D eigenvalue weighted by atomic mass is 9.94. The maximum absolute atomic E-state index is 12.9. The normalized spacial score (nSPS) is 18.3. The SMILES string of the molecule is O=C(OCc1ccccc1)N1C2C=C(c3ccc(N(c4ccccc4)c4ccccc4)cc3)CC1CC2. The molecule has 2 unspecified atom stereocenters. The molecule has 6 rings (SSSR count). The molecular formula is C33H30N2O2. The second-order valence-electron chi connectivity index (χ2n) is 9.70. The summed E-state index contributed by atoms with van der Waals surface area (Å²) in [5.41, 5.74) is 6.92. The Bertz CT molecular complexity index is 1330. The largest absolute Gasteiger partial charge is 0.445 e. The lowest BCUT2D eigenvalue weighted by molar-refractivity contribution is 0.0832. The second kappa shape index (κ2) is 10.4. The summed E-state index contributed by atoms with van der Waals surface area (Å²) >= 11 is 0. The van der Waals surface area contributed by atoms with Gasteiger partial charge in [-0.25, -0.2) is 4.79 Å². The second-order valence-corrected chi connectivity index (χ2v) is 9.70. The predicted molar refractivity (Wildman–Crippen MR) is 149 cm³/mol. The van der Waals surface area contributed by atoms with E-state index in [2.05, 4.69) is 83.8 Å². The van der Waals surface area contributed by atoms with E-state index < -0.39 is 0 Å². The van der Waals surface area contributed by atoms with Crippen molar-refractivity contribution in [2.24, 2.45) is 0 Å². The topological polar surface area (TPSA) is 32.8 Å². The lowest BCUT2D eigenvalue weighted by Crippen LogP contribution is -2.43. The molecule has 2 heterocycles. The Labute approximate surface area is 218 Å². The number of para-hydroxylation sites is 2. The summed E-state index contributed by atoms with van der Waals surface area (Å²) in [5.74, 6) is 0. The number of amides is 1. The highest BCUT2D eigenvalue weighted by Gasteiger charge is 2.40. The van der Waals surface area contributed by atoms with E-state index in [1.807, 2.05) is 47.4 Å². The highest BCUT2D eigenvalue weighted by atomic mass is 16.6. The molecular weight excluding hydrogens is 456 g/mol. The van der Waals surface area contributed by atoms with Gasteiger partial charge in [0.1, 0.15) is 6.61 Å². The zero-order valence-corrected chi connectivity index (χ0v) is 20.7. The molecule has 184 valence electrons. The summed E-state index contributed by atoms with van der Waals surface area (Å²) < 4.78 is 5.67. The number of benzene rings is 4. The van der Waals surface area contributed by atoms with E-state index in [-0.39, 0.29) is 18.2 Å². The lowest BCUT2D eigenvalue weighted by Gasteiger charge is -2.33. The van der Waals surface area contributed by atoms with Crippen molar-refractivity contribution in [3.8, 4) is 0 Å². The van der Waals surface area contributed by atoms with E-state index in [0.717, 1.165) is 41.9 Å². The van der Waals surface area contributed by atoms with Gasteiger partial charge in [-0.3, -0.25) is 4.90 Å². The molecule has 1 fully saturated rings. The molecule has 37 heavy (non-hydrogen) atoms. The fraction of sp³-hybridized carbons (Fsp3) is 0.182. The molecule has 1 saturated heterocycles. The van der Waals surface area contributed by atoms with Crippen LogP contribution in [0.4, 0.5) is 21.9 Å². The molecule has 4 heteroatoms. The van der Waals surface area contributed by atoms with Crippen molar-refractivity contribution in [1.82, 2.24) is 4.90 Å². The number of carbonyl (C=O) groups is 1. The highest BCUT2D eigenvalue weighted by molar-refractivity contribution is 5.79. The number of anilines is 3. The first-order chi connectivity index (χ1) is 18.3. The van der Waals surface area contributed by atoms with Gasteiger partial charge in [0.15, 0.2) is 0 Å². The van der Waals surface area contributed by atoms with E-state index in [4.69, 9.17) is 4.74 Å². The van der Waals surface area contributed by atoms with Crippen LogP contribution in [-0.4, -0.2) is 23.1 Å². The molecule has 4 aromatic rings. The Morgan fingerprint density at radius 3 is 1.89 bits per heavy atom. The van der Waals surface area contributed by atoms with E-state index in [9.17, 15) is 4.79 Å². The van der Waals surface area contributed by atoms with E-state index in [1.54, 1.807) is 0 Å². The van der Waals surface area contributed by atoms with Crippen LogP contribution in [0, 0.1) is 0 Å². The van der Waals surface area contributed by atoms with Gasteiger partial charge < -0.3 is 9.64 Å². The summed E-state index contributed by atoms with van der Waals surface area (Å²) in [6.45, 7) is 0.312. The average molecular weight is 487 g/mol. The van der Waals surface area contributed by atoms with Gasteiger partial charge in [-0.1, -0.05) is 84.9 Å². The summed E-state index contributed by atoms with van der Waals surface area (Å²) in [6.07, 6.45) is 4.93. The molecule has 2 bridgehead atoms. The number of carbonyl (C=O) groups excluding carboxylic acids is 1. The maximum atomic E-state index is 12.9. The molecule has 2 atom stereocenters. The van der Waals surface area contributed by atoms with Crippen LogP contribution < -0.4 is 4.90 Å². The van der Waals surface area contributed by atoms with Crippen LogP contribution in [0.5, 0.6) is 0 Å². The summed E-state index contributed by atoms with van der Waals surface area (Å²) in [7, 11) is 0. The first kappa shape index (κ1) is 23.1. The van der Waals surface area contributed by atoms with Crippen molar-refractivity contribution in [3.05, 3.63) is 132 Å². The van der Waals surface area contributed by atoms with Crippen LogP contribution in [0.2, 0.25) is 0 Å². The van der Waals surface area contributed by atoms with Crippen molar-refractivity contribution >= 4 is 28.7 Å². The van der Waals surface area contributed by atoms with Gasteiger partial charge in [0.2, 0.25) is 0 Å². The molecule has 0 N–H and O–H groups in total. The standard InChI is InChI=1S/C33H30N2O2/c36-33(37-24-25-10-4-1-5-11-25)35-31-20-21-32(35)23-27(22-31)26-16-18-30(19-17-26)34(28-12-6-2-7-13-28)29-14-8-3-9-15-29/h1-19,22,31-32H,20-21,23-24H2. The van der Waals surface area contributed by atoms with Gasteiger partial charge in [-0.05, 0) is 72.4 Å². The van der Waals surface area contributed by atoms with Crippen LogP contribution in [-0.2, 0) is 11.3 Å². The molecule has 4 nitrogen and oxygen atoms in total. The van der Waals surface area contributed by atoms with Crippen molar-refractivity contribution in [1.29, 1.82) is 0 Å². The van der Waals surface area contributed by atoms with Gasteiger partial charge in [0, 0.05) is 23.1 Å². The number of rotatable bonds is 6. The first-order valence-corrected chi connectivity index (χ1v) is 13.0. The maximum Gasteiger partial charge on any atom is 0.410 e. The number of fused-ring (bicyclic) bond motifs is 2. The third kappa shape index (κ3) is 4.88. The number of nitrogens with zero attached hydrogens (tertiary/aromatic N) is 2. The fourth-order valence-electron chi connectivity index (χ4n) is 5.55.